The summed E-state index contributed by atoms with van der Waals surface area (Å²) in [5.41, 5.74) is 0.724. The number of amides is 1. The van der Waals surface area contributed by atoms with Gasteiger partial charge in [-0.05, 0) is 50.6 Å². The van der Waals surface area contributed by atoms with E-state index in [0.717, 1.165) is 11.3 Å². The highest BCUT2D eigenvalue weighted by Crippen LogP contribution is 2.59. The van der Waals surface area contributed by atoms with Gasteiger partial charge in [-0.25, -0.2) is 0 Å². The molecule has 2 aromatic rings. The number of carbonyl (C=O) groups excluding carboxylic acids is 2. The summed E-state index contributed by atoms with van der Waals surface area (Å²) in [6.45, 7) is 6.71. The molecule has 1 saturated heterocycles. The van der Waals surface area contributed by atoms with Gasteiger partial charge in [0.25, 0.3) is 5.91 Å². The number of aliphatic hydroxyl groups excluding tert-OH is 1. The predicted molar refractivity (Wildman–Crippen MR) is 144 cm³/mol. The van der Waals surface area contributed by atoms with E-state index in [9.17, 15) is 14.4 Å². The minimum Gasteiger partial charge on any atom is -0.469 e. The number of esters is 1. The van der Waals surface area contributed by atoms with Gasteiger partial charge < -0.3 is 24.3 Å². The summed E-state index contributed by atoms with van der Waals surface area (Å²) in [7, 11) is -1.42. The van der Waals surface area contributed by atoms with Crippen molar-refractivity contribution < 1.29 is 29.0 Å². The molecule has 0 radical (unpaired) electrons. The van der Waals surface area contributed by atoms with Crippen LogP contribution in [-0.2, 0) is 37.6 Å². The highest BCUT2D eigenvalue weighted by molar-refractivity contribution is 6.71. The number of halogens is 1. The molecule has 1 aromatic heterocycles. The quantitative estimate of drug-likeness (QED) is 0.242. The molecule has 0 bridgehead atoms. The summed E-state index contributed by atoms with van der Waals surface area (Å²) in [5, 5.41) is 17.9. The van der Waals surface area contributed by atoms with Gasteiger partial charge >= 0.3 is 5.97 Å². The lowest BCUT2D eigenvalue weighted by molar-refractivity contribution is -0.146. The number of rotatable bonds is 11. The first-order chi connectivity index (χ1) is 18.0. The fourth-order valence-corrected chi connectivity index (χ4v) is 8.89. The number of hydrogen-bond donors (Lipinski definition) is 2. The molecule has 1 spiro atoms. The van der Waals surface area contributed by atoms with Gasteiger partial charge in [0, 0.05) is 60.8 Å². The van der Waals surface area contributed by atoms with E-state index in [1.54, 1.807) is 21.8 Å². The summed E-state index contributed by atoms with van der Waals surface area (Å²) in [4.78, 5) is 38.9. The first-order valence-corrected chi connectivity index (χ1v) is 16.5. The number of hydrogen-bond acceptors (Lipinski definition) is 8. The molecule has 0 unspecified atom stereocenters. The molecule has 10 nitrogen and oxygen atoms in total. The normalized spacial score (nSPS) is 24.9. The minimum absolute atomic E-state index is 0.000109. The van der Waals surface area contributed by atoms with E-state index in [0.29, 0.717) is 55.9 Å². The summed E-state index contributed by atoms with van der Waals surface area (Å²) in [5.74, 6) is -0.715. The Morgan fingerprint density at radius 3 is 2.74 bits per heavy atom. The number of ether oxygens (including phenoxy) is 2. The first kappa shape index (κ1) is 28.7. The second-order valence-corrected chi connectivity index (χ2v) is 15.2. The Balaban J connectivity index is 1.62. The van der Waals surface area contributed by atoms with E-state index in [-0.39, 0.29) is 36.0 Å². The molecule has 38 heavy (non-hydrogen) atoms. The topological polar surface area (TPSA) is 127 Å². The number of anilines is 1. The van der Waals surface area contributed by atoms with Crippen molar-refractivity contribution in [3.8, 4) is 0 Å². The third-order valence-electron chi connectivity index (χ3n) is 7.78. The molecule has 4 rings (SSSR count). The molecule has 1 aromatic carbocycles. The predicted octanol–water partition coefficient (Wildman–Crippen LogP) is 3.04. The van der Waals surface area contributed by atoms with Crippen molar-refractivity contribution in [2.45, 2.75) is 75.9 Å². The lowest BCUT2D eigenvalue weighted by Crippen LogP contribution is -2.46. The Morgan fingerprint density at radius 1 is 1.29 bits per heavy atom. The number of carbonyl (C=O) groups is 2. The highest BCUT2D eigenvalue weighted by Gasteiger charge is 2.66. The molecule has 2 aliphatic rings. The average Bonchev–Trinajstić information content (AvgIpc) is 3.50. The number of aryl methyl sites for hydroxylation is 1. The van der Waals surface area contributed by atoms with Crippen LogP contribution in [-0.4, -0.2) is 71.5 Å². The van der Waals surface area contributed by atoms with Crippen molar-refractivity contribution in [1.82, 2.24) is 15.0 Å². The van der Waals surface area contributed by atoms with Crippen LogP contribution < -0.4 is 4.90 Å². The van der Waals surface area contributed by atoms with Crippen LogP contribution in [0.15, 0.2) is 24.4 Å². The lowest BCUT2D eigenvalue weighted by Gasteiger charge is -2.32. The number of aliphatic hydroxyl groups is 1. The maximum atomic E-state index is 14.2. The molecule has 4 atom stereocenters. The second kappa shape index (κ2) is 11.4. The fourth-order valence-electron chi connectivity index (χ4n) is 6.12. The zero-order chi connectivity index (χ0) is 27.7. The number of unbranched alkanes of at least 4 members (excludes halogenated alkanes) is 1. The average molecular weight is 565 g/mol. The van der Waals surface area contributed by atoms with Gasteiger partial charge in [-0.1, -0.05) is 23.7 Å². The smallest absolute Gasteiger partial charge is 0.305 e. The van der Waals surface area contributed by atoms with E-state index < -0.39 is 13.9 Å². The zero-order valence-corrected chi connectivity index (χ0v) is 24.1. The van der Waals surface area contributed by atoms with Gasteiger partial charge in [-0.2, -0.15) is 0 Å². The van der Waals surface area contributed by atoms with Crippen molar-refractivity contribution >= 4 is 37.5 Å². The van der Waals surface area contributed by atoms with Gasteiger partial charge in [-0.3, -0.25) is 14.3 Å². The van der Waals surface area contributed by atoms with Crippen molar-refractivity contribution in [2.75, 3.05) is 25.2 Å². The molecule has 208 valence electrons. The summed E-state index contributed by atoms with van der Waals surface area (Å²) >= 11 is 6.42. The van der Waals surface area contributed by atoms with E-state index in [1.165, 1.54) is 7.11 Å². The number of fused-ring (bicyclic) bond motifs is 2. The van der Waals surface area contributed by atoms with Gasteiger partial charge in [0.1, 0.15) is 0 Å². The van der Waals surface area contributed by atoms with E-state index >= 15 is 0 Å². The van der Waals surface area contributed by atoms with E-state index in [4.69, 9.17) is 26.2 Å². The van der Waals surface area contributed by atoms with E-state index in [1.807, 2.05) is 32.2 Å². The lowest BCUT2D eigenvalue weighted by atomic mass is 9.82. The van der Waals surface area contributed by atoms with Crippen LogP contribution in [0.1, 0.15) is 43.9 Å². The summed E-state index contributed by atoms with van der Waals surface area (Å²) in [6.07, 6.45) is 3.91. The molecule has 3 heterocycles. The number of methoxy groups -OCH3 is 1. The molecule has 1 amide bonds. The van der Waals surface area contributed by atoms with Crippen molar-refractivity contribution in [3.63, 3.8) is 0 Å². The zero-order valence-electron chi connectivity index (χ0n) is 22.4. The Bertz CT molecular complexity index is 1170. The monoisotopic (exact) mass is 564 g/mol. The molecule has 0 saturated carbocycles. The van der Waals surface area contributed by atoms with Gasteiger partial charge in [0.15, 0.2) is 13.9 Å². The van der Waals surface area contributed by atoms with Crippen LogP contribution in [0.25, 0.3) is 0 Å². The van der Waals surface area contributed by atoms with Crippen LogP contribution in [0, 0.1) is 5.92 Å². The van der Waals surface area contributed by atoms with Gasteiger partial charge in [0.2, 0.25) is 0 Å². The SMILES string of the molecule is COC(=O)CCCCN1C(=O)[C@]2(O[C@H](CCn3cc(CCO)nn3)[C@@H]([Si](C)(C)O)[C@@H]2C)c2cc(Cl)ccc21. The van der Waals surface area contributed by atoms with Crippen molar-refractivity contribution in [1.29, 1.82) is 0 Å². The largest absolute Gasteiger partial charge is 0.469 e. The van der Waals surface area contributed by atoms with Crippen LogP contribution in [0.5, 0.6) is 0 Å². The Labute approximate surface area is 229 Å². The Morgan fingerprint density at radius 2 is 2.05 bits per heavy atom. The highest BCUT2D eigenvalue weighted by atomic mass is 35.5. The molecule has 2 aliphatic heterocycles. The maximum absolute atomic E-state index is 14.2. The van der Waals surface area contributed by atoms with Gasteiger partial charge in [-0.15, -0.1) is 5.10 Å². The van der Waals surface area contributed by atoms with Crippen LogP contribution in [0.3, 0.4) is 0 Å². The molecular weight excluding hydrogens is 528 g/mol. The molecule has 0 aliphatic carbocycles. The number of aromatic nitrogens is 3. The minimum atomic E-state index is -2.78. The molecular formula is C26H37ClN4O6Si. The fraction of sp³-hybridized carbons (Fsp3) is 0.615. The maximum Gasteiger partial charge on any atom is 0.305 e. The van der Waals surface area contributed by atoms with Gasteiger partial charge in [0.05, 0.1) is 24.6 Å². The first-order valence-electron chi connectivity index (χ1n) is 13.1. The molecule has 2 N–H and O–H groups in total. The van der Waals surface area contributed by atoms with Crippen LogP contribution in [0.4, 0.5) is 5.69 Å². The number of nitrogens with zero attached hydrogens (tertiary/aromatic N) is 4. The molecule has 12 heteroatoms. The van der Waals surface area contributed by atoms with Crippen molar-refractivity contribution in [3.05, 3.63) is 40.7 Å². The summed E-state index contributed by atoms with van der Waals surface area (Å²) in [6, 6.07) is 5.43. The third kappa shape index (κ3) is 5.39. The second-order valence-electron chi connectivity index (χ2n) is 10.7. The van der Waals surface area contributed by atoms with Crippen molar-refractivity contribution in [2.24, 2.45) is 5.92 Å². The standard InChI is InChI=1S/C26H37ClN4O6Si/c1-17-24(38(3,4)35)22(10-13-30-16-19(11-14-32)28-29-30)37-26(17)20-15-18(27)8-9-21(20)31(25(26)34)12-6-5-7-23(33)36-2/h8-9,15-17,22,24,32,35H,5-7,10-14H2,1-4H3/t17-,22+,24-,26+/m0/s1. The van der Waals surface area contributed by atoms with E-state index in [2.05, 4.69) is 10.3 Å². The van der Waals surface area contributed by atoms with Crippen LogP contribution >= 0.6 is 11.6 Å². The Kier molecular flexibility index (Phi) is 8.63. The Hall–Kier alpha value is -2.31. The summed E-state index contributed by atoms with van der Waals surface area (Å²) < 4.78 is 13.2. The number of benzene rings is 1. The molecule has 1 fully saturated rings. The third-order valence-corrected chi connectivity index (χ3v) is 10.5. The van der Waals surface area contributed by atoms with Crippen LogP contribution in [0.2, 0.25) is 23.7 Å².